The van der Waals surface area contributed by atoms with Crippen LogP contribution in [0.2, 0.25) is 0 Å². The molecule has 1 aromatic carbocycles. The number of amides is 1. The highest BCUT2D eigenvalue weighted by atomic mass is 16.1. The predicted octanol–water partition coefficient (Wildman–Crippen LogP) is 4.51. The lowest BCUT2D eigenvalue weighted by Gasteiger charge is -2.23. The third-order valence-electron chi connectivity index (χ3n) is 3.69. The second-order valence-corrected chi connectivity index (χ2v) is 7.49. The van der Waals surface area contributed by atoms with Gasteiger partial charge in [0, 0.05) is 18.4 Å². The molecule has 0 saturated heterocycles. The van der Waals surface area contributed by atoms with Gasteiger partial charge in [-0.2, -0.15) is 0 Å². The van der Waals surface area contributed by atoms with Crippen LogP contribution in [0, 0.1) is 5.92 Å². The van der Waals surface area contributed by atoms with E-state index in [2.05, 4.69) is 56.3 Å². The zero-order valence-corrected chi connectivity index (χ0v) is 15.2. The van der Waals surface area contributed by atoms with Crippen molar-refractivity contribution in [1.29, 1.82) is 0 Å². The molecule has 4 heteroatoms. The van der Waals surface area contributed by atoms with Crippen LogP contribution in [0.1, 0.15) is 50.5 Å². The molecule has 1 amide bonds. The Bertz CT molecular complexity index is 702. The fourth-order valence-electron chi connectivity index (χ4n) is 2.43. The summed E-state index contributed by atoms with van der Waals surface area (Å²) < 4.78 is 0. The van der Waals surface area contributed by atoms with Gasteiger partial charge in [0.25, 0.3) is 5.91 Å². The smallest absolute Gasteiger partial charge is 0.252 e. The summed E-state index contributed by atoms with van der Waals surface area (Å²) in [6.07, 6.45) is 3.33. The summed E-state index contributed by atoms with van der Waals surface area (Å²) in [6, 6.07) is 10.0. The van der Waals surface area contributed by atoms with E-state index >= 15 is 0 Å². The number of nitrogens with zero attached hydrogens (tertiary/aromatic N) is 1. The fraction of sp³-hybridized carbons (Fsp3) is 0.400. The number of rotatable bonds is 5. The second-order valence-electron chi connectivity index (χ2n) is 7.49. The number of pyridine rings is 1. The molecule has 0 aliphatic carbocycles. The number of nitrogens with one attached hydrogen (secondary N) is 2. The van der Waals surface area contributed by atoms with Crippen molar-refractivity contribution in [2.24, 2.45) is 5.92 Å². The molecule has 0 aliphatic rings. The van der Waals surface area contributed by atoms with Crippen molar-refractivity contribution in [3.63, 3.8) is 0 Å². The Balaban J connectivity index is 2.20. The number of anilines is 2. The first-order chi connectivity index (χ1) is 11.3. The normalized spacial score (nSPS) is 11.4. The lowest BCUT2D eigenvalue weighted by molar-refractivity contribution is 0.0948. The largest absolute Gasteiger partial charge is 0.354 e. The Morgan fingerprint density at radius 2 is 1.88 bits per heavy atom. The summed E-state index contributed by atoms with van der Waals surface area (Å²) >= 11 is 0. The Morgan fingerprint density at radius 1 is 1.17 bits per heavy atom. The number of benzene rings is 1. The van der Waals surface area contributed by atoms with Crippen molar-refractivity contribution in [3.8, 4) is 0 Å². The zero-order valence-electron chi connectivity index (χ0n) is 15.2. The summed E-state index contributed by atoms with van der Waals surface area (Å²) in [5.41, 5.74) is 3.66. The molecule has 2 N–H and O–H groups in total. The van der Waals surface area contributed by atoms with Crippen LogP contribution in [0.15, 0.2) is 42.7 Å². The molecular weight excluding hydrogens is 298 g/mol. The summed E-state index contributed by atoms with van der Waals surface area (Å²) in [4.78, 5) is 16.4. The quantitative estimate of drug-likeness (QED) is 0.850. The molecule has 0 bridgehead atoms. The van der Waals surface area contributed by atoms with Gasteiger partial charge in [0.2, 0.25) is 0 Å². The van der Waals surface area contributed by atoms with E-state index in [0.29, 0.717) is 18.0 Å². The third kappa shape index (κ3) is 4.82. The molecule has 0 aliphatic heterocycles. The van der Waals surface area contributed by atoms with Crippen LogP contribution in [-0.4, -0.2) is 17.4 Å². The predicted molar refractivity (Wildman–Crippen MR) is 99.8 cm³/mol. The average Bonchev–Trinajstić information content (AvgIpc) is 2.52. The van der Waals surface area contributed by atoms with Gasteiger partial charge < -0.3 is 10.6 Å². The first-order valence-corrected chi connectivity index (χ1v) is 8.37. The number of para-hydroxylation sites is 1. The Kier molecular flexibility index (Phi) is 5.60. The minimum Gasteiger partial charge on any atom is -0.354 e. The van der Waals surface area contributed by atoms with E-state index < -0.39 is 0 Å². The van der Waals surface area contributed by atoms with Crippen LogP contribution in [0.3, 0.4) is 0 Å². The topological polar surface area (TPSA) is 54.0 Å². The Labute approximate surface area is 144 Å². The van der Waals surface area contributed by atoms with Crippen LogP contribution < -0.4 is 10.6 Å². The zero-order chi connectivity index (χ0) is 17.7. The average molecular weight is 325 g/mol. The lowest BCUT2D eigenvalue weighted by Crippen LogP contribution is -2.27. The highest BCUT2D eigenvalue weighted by molar-refractivity contribution is 5.94. The molecule has 0 fully saturated rings. The summed E-state index contributed by atoms with van der Waals surface area (Å²) in [5, 5.41) is 6.32. The second kappa shape index (κ2) is 7.47. The van der Waals surface area contributed by atoms with Crippen LogP contribution in [0.4, 0.5) is 11.4 Å². The standard InChI is InChI=1S/C20H27N3O/c1-14(2)11-22-19(24)15-10-16(13-21-12-15)23-18-9-7-6-8-17(18)20(3,4)5/h6-10,12-14,23H,11H2,1-5H3,(H,22,24). The summed E-state index contributed by atoms with van der Waals surface area (Å²) in [7, 11) is 0. The van der Waals surface area contributed by atoms with Crippen molar-refractivity contribution in [1.82, 2.24) is 10.3 Å². The van der Waals surface area contributed by atoms with Gasteiger partial charge >= 0.3 is 0 Å². The van der Waals surface area contributed by atoms with E-state index in [-0.39, 0.29) is 11.3 Å². The minimum absolute atomic E-state index is 0.0310. The minimum atomic E-state index is -0.0936. The maximum atomic E-state index is 12.2. The van der Waals surface area contributed by atoms with Crippen molar-refractivity contribution < 1.29 is 4.79 Å². The summed E-state index contributed by atoms with van der Waals surface area (Å²) in [6.45, 7) is 11.3. The first kappa shape index (κ1) is 18.0. The van der Waals surface area contributed by atoms with E-state index in [1.54, 1.807) is 12.4 Å². The van der Waals surface area contributed by atoms with Crippen LogP contribution in [0.5, 0.6) is 0 Å². The number of aromatic nitrogens is 1. The summed E-state index contributed by atoms with van der Waals surface area (Å²) in [5.74, 6) is 0.325. The number of carbonyl (C=O) groups is 1. The molecule has 1 heterocycles. The van der Waals surface area contributed by atoms with Crippen molar-refractivity contribution in [2.75, 3.05) is 11.9 Å². The maximum absolute atomic E-state index is 12.2. The molecule has 0 spiro atoms. The lowest BCUT2D eigenvalue weighted by atomic mass is 9.86. The van der Waals surface area contributed by atoms with Gasteiger partial charge in [0.05, 0.1) is 17.4 Å². The van der Waals surface area contributed by atoms with Gasteiger partial charge in [-0.25, -0.2) is 0 Å². The van der Waals surface area contributed by atoms with Gasteiger partial charge in [-0.15, -0.1) is 0 Å². The van der Waals surface area contributed by atoms with Crippen LogP contribution in [-0.2, 0) is 5.41 Å². The van der Waals surface area contributed by atoms with E-state index in [4.69, 9.17) is 0 Å². The van der Waals surface area contributed by atoms with E-state index in [9.17, 15) is 4.79 Å². The highest BCUT2D eigenvalue weighted by Gasteiger charge is 2.17. The molecule has 0 radical (unpaired) electrons. The molecule has 2 aromatic rings. The fourth-order valence-corrected chi connectivity index (χ4v) is 2.43. The van der Waals surface area contributed by atoms with Crippen LogP contribution >= 0.6 is 0 Å². The molecule has 0 unspecified atom stereocenters. The molecule has 24 heavy (non-hydrogen) atoms. The monoisotopic (exact) mass is 325 g/mol. The molecular formula is C20H27N3O. The molecule has 128 valence electrons. The van der Waals surface area contributed by atoms with E-state index in [0.717, 1.165) is 11.4 Å². The van der Waals surface area contributed by atoms with Gasteiger partial charge in [-0.1, -0.05) is 52.8 Å². The Morgan fingerprint density at radius 3 is 2.54 bits per heavy atom. The molecule has 4 nitrogen and oxygen atoms in total. The highest BCUT2D eigenvalue weighted by Crippen LogP contribution is 2.31. The van der Waals surface area contributed by atoms with Crippen molar-refractivity contribution in [3.05, 3.63) is 53.9 Å². The van der Waals surface area contributed by atoms with E-state index in [1.807, 2.05) is 24.3 Å². The van der Waals surface area contributed by atoms with Crippen LogP contribution in [0.25, 0.3) is 0 Å². The number of hydrogen-bond acceptors (Lipinski definition) is 3. The van der Waals surface area contributed by atoms with Gasteiger partial charge in [-0.3, -0.25) is 9.78 Å². The first-order valence-electron chi connectivity index (χ1n) is 8.37. The molecule has 0 saturated carbocycles. The third-order valence-corrected chi connectivity index (χ3v) is 3.69. The molecule has 1 aromatic heterocycles. The van der Waals surface area contributed by atoms with Crippen molar-refractivity contribution >= 4 is 17.3 Å². The van der Waals surface area contributed by atoms with Gasteiger partial charge in [-0.05, 0) is 29.0 Å². The number of hydrogen-bond donors (Lipinski definition) is 2. The Hall–Kier alpha value is -2.36. The molecule has 2 rings (SSSR count). The van der Waals surface area contributed by atoms with Gasteiger partial charge in [0.1, 0.15) is 0 Å². The SMILES string of the molecule is CC(C)CNC(=O)c1cncc(Nc2ccccc2C(C)(C)C)c1. The van der Waals surface area contributed by atoms with Crippen molar-refractivity contribution in [2.45, 2.75) is 40.0 Å². The maximum Gasteiger partial charge on any atom is 0.252 e. The van der Waals surface area contributed by atoms with Gasteiger partial charge in [0.15, 0.2) is 0 Å². The van der Waals surface area contributed by atoms with E-state index in [1.165, 1.54) is 5.56 Å². The molecule has 0 atom stereocenters. The number of carbonyl (C=O) groups excluding carboxylic acids is 1.